The quantitative estimate of drug-likeness (QED) is 0.425. The molecule has 0 saturated carbocycles. The molecule has 11 heteroatoms. The Bertz CT molecular complexity index is 1070. The molecule has 0 saturated heterocycles. The molecule has 4 rings (SSSR count). The molecule has 2 aliphatic rings. The molecule has 2 aliphatic heterocycles. The zero-order valence-electron chi connectivity index (χ0n) is 14.4. The van der Waals surface area contributed by atoms with E-state index in [2.05, 4.69) is 9.47 Å². The summed E-state index contributed by atoms with van der Waals surface area (Å²) in [5, 5.41) is 0. The summed E-state index contributed by atoms with van der Waals surface area (Å²) in [6, 6.07) is 3.86. The fourth-order valence-corrected chi connectivity index (χ4v) is 3.53. The number of carbonyl (C=O) groups excluding carboxylic acids is 4. The van der Waals surface area contributed by atoms with Crippen molar-refractivity contribution < 1.29 is 50.6 Å². The fourth-order valence-electron chi connectivity index (χ4n) is 3.53. The van der Waals surface area contributed by atoms with Crippen LogP contribution in [0.25, 0.3) is 0 Å². The number of alkyl halides is 5. The van der Waals surface area contributed by atoms with Crippen LogP contribution in [0.4, 0.5) is 22.0 Å². The fraction of sp³-hybridized carbons (Fsp3) is 0.158. The maximum absolute atomic E-state index is 14.2. The minimum atomic E-state index is -5.61. The Kier molecular flexibility index (Phi) is 4.05. The molecule has 0 radical (unpaired) electrons. The molecule has 0 spiro atoms. The van der Waals surface area contributed by atoms with E-state index in [1.807, 2.05) is 0 Å². The normalized spacial score (nSPS) is 15.9. The molecular formula is C19H7F5O6. The first-order chi connectivity index (χ1) is 14.0. The van der Waals surface area contributed by atoms with Gasteiger partial charge in [-0.25, -0.2) is 28.0 Å². The van der Waals surface area contributed by atoms with Gasteiger partial charge in [-0.2, -0.15) is 13.2 Å². The van der Waals surface area contributed by atoms with Crippen LogP contribution in [-0.4, -0.2) is 36.5 Å². The van der Waals surface area contributed by atoms with Gasteiger partial charge >= 0.3 is 30.1 Å². The molecule has 0 bridgehead atoms. The Labute approximate surface area is 163 Å². The van der Waals surface area contributed by atoms with Crippen LogP contribution in [0.15, 0.2) is 36.4 Å². The molecule has 154 valence electrons. The largest absolute Gasteiger partial charge is 0.407 e. The number of ether oxygens (including phenoxy) is 2. The van der Waals surface area contributed by atoms with Crippen LogP contribution in [0.1, 0.15) is 52.6 Å². The van der Waals surface area contributed by atoms with Crippen LogP contribution < -0.4 is 0 Å². The van der Waals surface area contributed by atoms with Crippen molar-refractivity contribution in [3.8, 4) is 0 Å². The third kappa shape index (κ3) is 2.47. The highest BCUT2D eigenvalue weighted by atomic mass is 19.4. The van der Waals surface area contributed by atoms with E-state index in [1.165, 1.54) is 0 Å². The summed E-state index contributed by atoms with van der Waals surface area (Å²) in [7, 11) is 0. The average Bonchev–Trinajstić information content (AvgIpc) is 3.09. The van der Waals surface area contributed by atoms with Crippen LogP contribution in [-0.2, 0) is 14.9 Å². The molecule has 0 aliphatic carbocycles. The van der Waals surface area contributed by atoms with Crippen LogP contribution >= 0.6 is 0 Å². The number of esters is 4. The molecular weight excluding hydrogens is 419 g/mol. The van der Waals surface area contributed by atoms with Crippen molar-refractivity contribution in [2.24, 2.45) is 0 Å². The van der Waals surface area contributed by atoms with Gasteiger partial charge in [-0.1, -0.05) is 12.1 Å². The van der Waals surface area contributed by atoms with Crippen molar-refractivity contribution in [3.63, 3.8) is 0 Å². The second-order valence-corrected chi connectivity index (χ2v) is 6.48. The Morgan fingerprint density at radius 3 is 1.33 bits per heavy atom. The van der Waals surface area contributed by atoms with Gasteiger partial charge in [0.05, 0.1) is 22.3 Å². The van der Waals surface area contributed by atoms with E-state index >= 15 is 0 Å². The summed E-state index contributed by atoms with van der Waals surface area (Å²) < 4.78 is 79.6. The van der Waals surface area contributed by atoms with E-state index in [0.717, 1.165) is 12.1 Å². The third-order valence-corrected chi connectivity index (χ3v) is 4.97. The Morgan fingerprint density at radius 1 is 0.633 bits per heavy atom. The first-order valence-corrected chi connectivity index (χ1v) is 8.15. The first kappa shape index (κ1) is 19.7. The Hall–Kier alpha value is -3.63. The number of cyclic esters (lactones) is 4. The standard InChI is InChI=1S/C19H7F5O6/c20-17(21)18(19(22,23)24,7-1-3-9-11(5-7)15(27)29-13(9)25)8-2-4-10-12(6-8)16(28)30-14(10)26/h1-6,17H. The molecule has 2 heterocycles. The van der Waals surface area contributed by atoms with E-state index in [9.17, 15) is 41.1 Å². The van der Waals surface area contributed by atoms with Gasteiger partial charge in [-0.15, -0.1) is 0 Å². The zero-order valence-corrected chi connectivity index (χ0v) is 14.4. The van der Waals surface area contributed by atoms with Crippen molar-refractivity contribution in [3.05, 3.63) is 69.8 Å². The lowest BCUT2D eigenvalue weighted by molar-refractivity contribution is -0.211. The summed E-state index contributed by atoms with van der Waals surface area (Å²) in [5.74, 6) is -4.78. The minimum Gasteiger partial charge on any atom is -0.386 e. The van der Waals surface area contributed by atoms with Crippen molar-refractivity contribution in [2.75, 3.05) is 0 Å². The summed E-state index contributed by atoms with van der Waals surface area (Å²) in [4.78, 5) is 46.5. The molecule has 2 aromatic carbocycles. The zero-order chi connectivity index (χ0) is 22.0. The highest BCUT2D eigenvalue weighted by Crippen LogP contribution is 2.51. The average molecular weight is 426 g/mol. The molecule has 0 amide bonds. The maximum Gasteiger partial charge on any atom is 0.407 e. The Morgan fingerprint density at radius 2 is 1.00 bits per heavy atom. The van der Waals surface area contributed by atoms with E-state index in [0.29, 0.717) is 24.3 Å². The van der Waals surface area contributed by atoms with Crippen molar-refractivity contribution in [1.29, 1.82) is 0 Å². The number of rotatable bonds is 3. The predicted octanol–water partition coefficient (Wildman–Crippen LogP) is 3.42. The van der Waals surface area contributed by atoms with Crippen LogP contribution in [0.2, 0.25) is 0 Å². The van der Waals surface area contributed by atoms with Crippen molar-refractivity contribution in [1.82, 2.24) is 0 Å². The van der Waals surface area contributed by atoms with Gasteiger partial charge in [0.25, 0.3) is 6.43 Å². The number of fused-ring (bicyclic) bond motifs is 2. The lowest BCUT2D eigenvalue weighted by atomic mass is 9.72. The van der Waals surface area contributed by atoms with Crippen molar-refractivity contribution >= 4 is 23.9 Å². The topological polar surface area (TPSA) is 86.7 Å². The number of halogens is 5. The summed E-state index contributed by atoms with van der Waals surface area (Å²) in [6.07, 6.45) is -9.70. The van der Waals surface area contributed by atoms with E-state index in [-0.39, 0.29) is 11.1 Å². The third-order valence-electron chi connectivity index (χ3n) is 4.97. The van der Waals surface area contributed by atoms with E-state index in [4.69, 9.17) is 0 Å². The van der Waals surface area contributed by atoms with Gasteiger partial charge in [0, 0.05) is 0 Å². The van der Waals surface area contributed by atoms with Crippen molar-refractivity contribution in [2.45, 2.75) is 18.0 Å². The first-order valence-electron chi connectivity index (χ1n) is 8.15. The summed E-state index contributed by atoms with van der Waals surface area (Å²) in [5.41, 5.74) is -7.99. The lowest BCUT2D eigenvalue weighted by Gasteiger charge is -2.36. The number of hydrogen-bond acceptors (Lipinski definition) is 6. The van der Waals surface area contributed by atoms with Crippen LogP contribution in [0.5, 0.6) is 0 Å². The SMILES string of the molecule is O=C1OC(=O)c2cc(C(c3ccc4c(c3)C(=O)OC4=O)(C(F)F)C(F)(F)F)ccc21. The van der Waals surface area contributed by atoms with Crippen LogP contribution in [0, 0.1) is 0 Å². The molecule has 0 atom stereocenters. The lowest BCUT2D eigenvalue weighted by Crippen LogP contribution is -2.49. The van der Waals surface area contributed by atoms with Gasteiger partial charge in [-0.05, 0) is 35.4 Å². The Balaban J connectivity index is 2.02. The number of carbonyl (C=O) groups is 4. The second kappa shape index (κ2) is 6.18. The highest BCUT2D eigenvalue weighted by molar-refractivity contribution is 6.15. The predicted molar refractivity (Wildman–Crippen MR) is 85.2 cm³/mol. The number of benzene rings is 2. The van der Waals surface area contributed by atoms with Crippen LogP contribution in [0.3, 0.4) is 0 Å². The van der Waals surface area contributed by atoms with Gasteiger partial charge in [-0.3, -0.25) is 0 Å². The molecule has 0 unspecified atom stereocenters. The smallest absolute Gasteiger partial charge is 0.386 e. The molecule has 2 aromatic rings. The number of hydrogen-bond donors (Lipinski definition) is 0. The van der Waals surface area contributed by atoms with E-state index in [1.54, 1.807) is 0 Å². The van der Waals surface area contributed by atoms with Gasteiger partial charge in [0.2, 0.25) is 0 Å². The summed E-state index contributed by atoms with van der Waals surface area (Å²) >= 11 is 0. The van der Waals surface area contributed by atoms with Gasteiger partial charge < -0.3 is 9.47 Å². The maximum atomic E-state index is 14.2. The molecule has 0 aromatic heterocycles. The van der Waals surface area contributed by atoms with E-state index < -0.39 is 64.1 Å². The highest BCUT2D eigenvalue weighted by Gasteiger charge is 2.64. The van der Waals surface area contributed by atoms with Gasteiger partial charge in [0.15, 0.2) is 5.41 Å². The molecule has 0 N–H and O–H groups in total. The molecule has 0 fully saturated rings. The summed E-state index contributed by atoms with van der Waals surface area (Å²) in [6.45, 7) is 0. The second-order valence-electron chi connectivity index (χ2n) is 6.48. The van der Waals surface area contributed by atoms with Gasteiger partial charge in [0.1, 0.15) is 0 Å². The molecule has 30 heavy (non-hydrogen) atoms. The molecule has 6 nitrogen and oxygen atoms in total. The monoisotopic (exact) mass is 426 g/mol. The minimum absolute atomic E-state index is 0.364.